The molecule has 0 atom stereocenters. The van der Waals surface area contributed by atoms with Crippen LogP contribution in [0.15, 0.2) is 59.2 Å². The summed E-state index contributed by atoms with van der Waals surface area (Å²) in [7, 11) is 0. The first-order chi connectivity index (χ1) is 12.5. The van der Waals surface area contributed by atoms with Crippen molar-refractivity contribution in [3.63, 3.8) is 0 Å². The molecule has 0 unspecified atom stereocenters. The van der Waals surface area contributed by atoms with Crippen molar-refractivity contribution in [3.8, 4) is 5.75 Å². The fourth-order valence-electron chi connectivity index (χ4n) is 2.37. The number of hydrogen-bond acceptors (Lipinski definition) is 3. The van der Waals surface area contributed by atoms with E-state index in [4.69, 9.17) is 16.3 Å². The number of aryl methyl sites for hydroxylation is 1. The summed E-state index contributed by atoms with van der Waals surface area (Å²) in [5, 5.41) is 7.83. The van der Waals surface area contributed by atoms with Crippen LogP contribution in [-0.4, -0.2) is 22.3 Å². The van der Waals surface area contributed by atoms with E-state index < -0.39 is 0 Å². The summed E-state index contributed by atoms with van der Waals surface area (Å²) < 4.78 is 8.00. The van der Waals surface area contributed by atoms with Gasteiger partial charge in [0.25, 0.3) is 5.91 Å². The number of amides is 1. The van der Waals surface area contributed by atoms with Crippen LogP contribution in [0.1, 0.15) is 11.1 Å². The molecule has 7 heteroatoms. The molecule has 1 N–H and O–H groups in total. The van der Waals surface area contributed by atoms with Crippen LogP contribution in [0, 0.1) is 6.92 Å². The zero-order valence-corrected chi connectivity index (χ0v) is 16.4. The normalized spacial score (nSPS) is 10.6. The molecule has 0 aliphatic rings. The van der Waals surface area contributed by atoms with Gasteiger partial charge in [-0.05, 0) is 52.2 Å². The lowest BCUT2D eigenvalue weighted by Gasteiger charge is -2.08. The monoisotopic (exact) mass is 433 g/mol. The number of anilines is 1. The van der Waals surface area contributed by atoms with Gasteiger partial charge in [-0.15, -0.1) is 0 Å². The number of halogens is 2. The summed E-state index contributed by atoms with van der Waals surface area (Å²) in [6, 6.07) is 15.1. The Hall–Kier alpha value is -2.31. The number of aromatic nitrogens is 2. The van der Waals surface area contributed by atoms with Gasteiger partial charge >= 0.3 is 0 Å². The fourth-order valence-corrected chi connectivity index (χ4v) is 2.91. The largest absolute Gasteiger partial charge is 0.483 e. The number of benzene rings is 2. The third kappa shape index (κ3) is 4.86. The number of nitrogens with zero attached hydrogens (tertiary/aromatic N) is 2. The fraction of sp³-hybridized carbons (Fsp3) is 0.158. The van der Waals surface area contributed by atoms with E-state index in [0.717, 1.165) is 11.1 Å². The molecule has 0 saturated heterocycles. The van der Waals surface area contributed by atoms with Crippen LogP contribution >= 0.6 is 27.5 Å². The van der Waals surface area contributed by atoms with Crippen molar-refractivity contribution < 1.29 is 9.53 Å². The highest BCUT2D eigenvalue weighted by Crippen LogP contribution is 2.21. The molecule has 5 nitrogen and oxygen atoms in total. The molecule has 3 rings (SSSR count). The molecule has 1 heterocycles. The lowest BCUT2D eigenvalue weighted by molar-refractivity contribution is -0.118. The van der Waals surface area contributed by atoms with Gasteiger partial charge in [-0.2, -0.15) is 5.10 Å². The second kappa shape index (κ2) is 8.38. The average Bonchev–Trinajstić information content (AvgIpc) is 2.95. The van der Waals surface area contributed by atoms with Gasteiger partial charge in [-0.3, -0.25) is 9.48 Å². The molecule has 1 amide bonds. The van der Waals surface area contributed by atoms with Crippen molar-refractivity contribution in [1.29, 1.82) is 0 Å². The Balaban J connectivity index is 1.59. The first kappa shape index (κ1) is 18.5. The SMILES string of the molecule is Cc1ccccc1OCC(=O)Nc1nn(Cc2ccc(Cl)cc2)cc1Br. The van der Waals surface area contributed by atoms with Gasteiger partial charge < -0.3 is 10.1 Å². The van der Waals surface area contributed by atoms with Crippen molar-refractivity contribution in [1.82, 2.24) is 9.78 Å². The number of rotatable bonds is 6. The van der Waals surface area contributed by atoms with Crippen LogP contribution in [0.2, 0.25) is 5.02 Å². The van der Waals surface area contributed by atoms with Crippen LogP contribution < -0.4 is 10.1 Å². The summed E-state index contributed by atoms with van der Waals surface area (Å²) in [5.74, 6) is 0.873. The third-order valence-electron chi connectivity index (χ3n) is 3.69. The zero-order chi connectivity index (χ0) is 18.5. The first-order valence-corrected chi connectivity index (χ1v) is 9.14. The molecule has 26 heavy (non-hydrogen) atoms. The van der Waals surface area contributed by atoms with Crippen molar-refractivity contribution in [3.05, 3.63) is 75.4 Å². The van der Waals surface area contributed by atoms with Gasteiger partial charge in [0.15, 0.2) is 12.4 Å². The van der Waals surface area contributed by atoms with E-state index in [1.807, 2.05) is 61.7 Å². The minimum Gasteiger partial charge on any atom is -0.483 e. The maximum Gasteiger partial charge on any atom is 0.263 e. The number of ether oxygens (including phenoxy) is 1. The van der Waals surface area contributed by atoms with E-state index in [0.29, 0.717) is 27.6 Å². The van der Waals surface area contributed by atoms with Crippen LogP contribution in [-0.2, 0) is 11.3 Å². The van der Waals surface area contributed by atoms with Gasteiger partial charge in [-0.25, -0.2) is 0 Å². The molecule has 0 spiro atoms. The highest BCUT2D eigenvalue weighted by molar-refractivity contribution is 9.10. The standard InChI is InChI=1S/C19H17BrClN3O2/c1-13-4-2-3-5-17(13)26-12-18(25)22-19-16(20)11-24(23-19)10-14-6-8-15(21)9-7-14/h2-9,11H,10,12H2,1H3,(H,22,23,25). The van der Waals surface area contributed by atoms with Crippen molar-refractivity contribution in [2.75, 3.05) is 11.9 Å². The Labute approximate surface area is 165 Å². The lowest BCUT2D eigenvalue weighted by atomic mass is 10.2. The van der Waals surface area contributed by atoms with Crippen molar-refractivity contribution >= 4 is 39.3 Å². The Kier molecular flexibility index (Phi) is 5.96. The number of carbonyl (C=O) groups is 1. The second-order valence-electron chi connectivity index (χ2n) is 5.75. The smallest absolute Gasteiger partial charge is 0.263 e. The Morgan fingerprint density at radius 2 is 1.96 bits per heavy atom. The number of nitrogens with one attached hydrogen (secondary N) is 1. The molecule has 2 aromatic carbocycles. The number of para-hydroxylation sites is 1. The molecule has 1 aromatic heterocycles. The average molecular weight is 435 g/mol. The number of carbonyl (C=O) groups excluding carboxylic acids is 1. The maximum atomic E-state index is 12.1. The van der Waals surface area contributed by atoms with E-state index in [2.05, 4.69) is 26.3 Å². The van der Waals surface area contributed by atoms with Crippen LogP contribution in [0.25, 0.3) is 0 Å². The molecular formula is C19H17BrClN3O2. The highest BCUT2D eigenvalue weighted by atomic mass is 79.9. The van der Waals surface area contributed by atoms with E-state index >= 15 is 0 Å². The Morgan fingerprint density at radius 3 is 2.69 bits per heavy atom. The maximum absolute atomic E-state index is 12.1. The molecule has 0 fully saturated rings. The molecule has 0 radical (unpaired) electrons. The van der Waals surface area contributed by atoms with Gasteiger partial charge in [-0.1, -0.05) is 41.9 Å². The lowest BCUT2D eigenvalue weighted by Crippen LogP contribution is -2.21. The molecule has 3 aromatic rings. The summed E-state index contributed by atoms with van der Waals surface area (Å²) in [5.41, 5.74) is 2.04. The van der Waals surface area contributed by atoms with Gasteiger partial charge in [0, 0.05) is 11.2 Å². The quantitative estimate of drug-likeness (QED) is 0.613. The van der Waals surface area contributed by atoms with Crippen LogP contribution in [0.4, 0.5) is 5.82 Å². The Bertz CT molecular complexity index is 909. The molecule has 0 aliphatic carbocycles. The minimum atomic E-state index is -0.273. The molecule has 0 bridgehead atoms. The van der Waals surface area contributed by atoms with Crippen LogP contribution in [0.3, 0.4) is 0 Å². The first-order valence-electron chi connectivity index (χ1n) is 7.97. The predicted octanol–water partition coefficient (Wildman–Crippen LogP) is 4.67. The van der Waals surface area contributed by atoms with Crippen LogP contribution in [0.5, 0.6) is 5.75 Å². The summed E-state index contributed by atoms with van der Waals surface area (Å²) in [6.07, 6.45) is 1.81. The van der Waals surface area contributed by atoms with Gasteiger partial charge in [0.05, 0.1) is 11.0 Å². The predicted molar refractivity (Wildman–Crippen MR) is 106 cm³/mol. The topological polar surface area (TPSA) is 56.1 Å². The zero-order valence-electron chi connectivity index (χ0n) is 14.1. The second-order valence-corrected chi connectivity index (χ2v) is 7.04. The van der Waals surface area contributed by atoms with E-state index in [-0.39, 0.29) is 12.5 Å². The summed E-state index contributed by atoms with van der Waals surface area (Å²) in [6.45, 7) is 2.43. The van der Waals surface area contributed by atoms with Gasteiger partial charge in [0.1, 0.15) is 5.75 Å². The number of hydrogen-bond donors (Lipinski definition) is 1. The summed E-state index contributed by atoms with van der Waals surface area (Å²) in [4.78, 5) is 12.1. The van der Waals surface area contributed by atoms with E-state index in [1.165, 1.54) is 0 Å². The van der Waals surface area contributed by atoms with Crippen molar-refractivity contribution in [2.24, 2.45) is 0 Å². The highest BCUT2D eigenvalue weighted by Gasteiger charge is 2.12. The third-order valence-corrected chi connectivity index (χ3v) is 4.52. The van der Waals surface area contributed by atoms with Crippen molar-refractivity contribution in [2.45, 2.75) is 13.5 Å². The summed E-state index contributed by atoms with van der Waals surface area (Å²) >= 11 is 9.31. The molecule has 0 aliphatic heterocycles. The van der Waals surface area contributed by atoms with E-state index in [9.17, 15) is 4.79 Å². The molecule has 0 saturated carbocycles. The molecule has 134 valence electrons. The minimum absolute atomic E-state index is 0.0820. The molecular weight excluding hydrogens is 418 g/mol. The van der Waals surface area contributed by atoms with Gasteiger partial charge in [0.2, 0.25) is 0 Å². The Morgan fingerprint density at radius 1 is 1.23 bits per heavy atom. The van der Waals surface area contributed by atoms with E-state index in [1.54, 1.807) is 4.68 Å².